The molecule has 1 heterocycles. The molecular weight excluding hydrogens is 294 g/mol. The van der Waals surface area contributed by atoms with E-state index in [1.807, 2.05) is 6.07 Å². The van der Waals surface area contributed by atoms with Gasteiger partial charge in [-0.3, -0.25) is 4.79 Å². The normalized spacial score (nSPS) is 14.6. The van der Waals surface area contributed by atoms with E-state index in [-0.39, 0.29) is 0 Å². The molecule has 0 bridgehead atoms. The molecule has 4 rings (SSSR count). The third-order valence-electron chi connectivity index (χ3n) is 4.84. The van der Waals surface area contributed by atoms with Gasteiger partial charge in [-0.1, -0.05) is 24.3 Å². The molecule has 1 N–H and O–H groups in total. The van der Waals surface area contributed by atoms with Crippen molar-refractivity contribution >= 4 is 22.8 Å². The Hall–Kier alpha value is -2.61. The number of carbonyl (C=O) groups excluding carboxylic acids is 1. The van der Waals surface area contributed by atoms with E-state index < -0.39 is 0 Å². The van der Waals surface area contributed by atoms with Gasteiger partial charge in [-0.25, -0.2) is 0 Å². The fourth-order valence-corrected chi connectivity index (χ4v) is 3.63. The number of carbonyl (C=O) groups is 1. The predicted octanol–water partition coefficient (Wildman–Crippen LogP) is 5.91. The van der Waals surface area contributed by atoms with Crippen molar-refractivity contribution in [1.82, 2.24) is 4.98 Å². The summed E-state index contributed by atoms with van der Waals surface area (Å²) in [6.45, 7) is 2.16. The summed E-state index contributed by atoms with van der Waals surface area (Å²) in [5, 5.41) is 1.08. The fourth-order valence-electron chi connectivity index (χ4n) is 3.63. The first kappa shape index (κ1) is 14.9. The molecule has 0 spiro atoms. The molecule has 0 saturated carbocycles. The number of aromatic nitrogens is 1. The van der Waals surface area contributed by atoms with Gasteiger partial charge in [0.05, 0.1) is 5.69 Å². The highest BCUT2D eigenvalue weighted by molar-refractivity contribution is 5.91. The van der Waals surface area contributed by atoms with Gasteiger partial charge in [-0.05, 0) is 84.7 Å². The van der Waals surface area contributed by atoms with Crippen LogP contribution in [0, 0.1) is 6.92 Å². The van der Waals surface area contributed by atoms with E-state index in [9.17, 15) is 4.79 Å². The van der Waals surface area contributed by atoms with E-state index in [1.165, 1.54) is 53.5 Å². The highest BCUT2D eigenvalue weighted by Crippen LogP contribution is 2.32. The van der Waals surface area contributed by atoms with Crippen LogP contribution in [0.3, 0.4) is 0 Å². The summed E-state index contributed by atoms with van der Waals surface area (Å²) in [7, 11) is 0. The molecule has 0 amide bonds. The van der Waals surface area contributed by atoms with Gasteiger partial charge in [-0.2, -0.15) is 0 Å². The highest BCUT2D eigenvalue weighted by atomic mass is 16.1. The highest BCUT2D eigenvalue weighted by Gasteiger charge is 2.10. The zero-order valence-electron chi connectivity index (χ0n) is 13.9. The van der Waals surface area contributed by atoms with Gasteiger partial charge >= 0.3 is 0 Å². The van der Waals surface area contributed by atoms with Crippen molar-refractivity contribution in [3.63, 3.8) is 0 Å². The van der Waals surface area contributed by atoms with Gasteiger partial charge in [0, 0.05) is 10.9 Å². The van der Waals surface area contributed by atoms with Crippen LogP contribution >= 0.6 is 0 Å². The van der Waals surface area contributed by atoms with Crippen molar-refractivity contribution in [2.75, 3.05) is 0 Å². The fraction of sp³-hybridized carbons (Fsp3) is 0.227. The van der Waals surface area contributed by atoms with Gasteiger partial charge in [0.2, 0.25) is 0 Å². The summed E-state index contributed by atoms with van der Waals surface area (Å²) in [4.78, 5) is 14.1. The number of hydrogen-bond donors (Lipinski definition) is 1. The van der Waals surface area contributed by atoms with Crippen molar-refractivity contribution in [1.29, 1.82) is 0 Å². The van der Waals surface area contributed by atoms with Crippen LogP contribution in [0.1, 0.15) is 47.3 Å². The van der Waals surface area contributed by atoms with Crippen molar-refractivity contribution in [2.24, 2.45) is 0 Å². The predicted molar refractivity (Wildman–Crippen MR) is 100 cm³/mol. The number of aryl methyl sites for hydroxylation is 1. The van der Waals surface area contributed by atoms with E-state index >= 15 is 0 Å². The van der Waals surface area contributed by atoms with E-state index in [4.69, 9.17) is 0 Å². The van der Waals surface area contributed by atoms with Gasteiger partial charge in [-0.15, -0.1) is 0 Å². The minimum Gasteiger partial charge on any atom is -0.352 e. The molecule has 120 valence electrons. The van der Waals surface area contributed by atoms with E-state index in [0.717, 1.165) is 17.2 Å². The number of hydrogen-bond acceptors (Lipinski definition) is 1. The average molecular weight is 315 g/mol. The third kappa shape index (κ3) is 2.80. The lowest BCUT2D eigenvalue weighted by molar-refractivity contribution is 0.112. The second-order valence-corrected chi connectivity index (χ2v) is 6.71. The summed E-state index contributed by atoms with van der Waals surface area (Å²) >= 11 is 0. The molecule has 2 aromatic carbocycles. The Morgan fingerprint density at radius 3 is 2.62 bits per heavy atom. The second kappa shape index (κ2) is 6.12. The first-order valence-electron chi connectivity index (χ1n) is 8.62. The molecule has 0 atom stereocenters. The van der Waals surface area contributed by atoms with Crippen molar-refractivity contribution in [3.8, 4) is 11.1 Å². The maximum absolute atomic E-state index is 11.0. The molecule has 1 aromatic heterocycles. The lowest BCUT2D eigenvalue weighted by atomic mass is 9.90. The standard InChI is InChI=1S/C22H21NO/c1-15-9-18(16-5-3-2-4-6-16)12-19(10-15)17-7-8-22-20(11-17)13-21(14-24)23-22/h5,7-14,23H,2-4,6H2,1H3. The number of fused-ring (bicyclic) bond motifs is 1. The Morgan fingerprint density at radius 2 is 1.83 bits per heavy atom. The summed E-state index contributed by atoms with van der Waals surface area (Å²) < 4.78 is 0. The van der Waals surface area contributed by atoms with Gasteiger partial charge in [0.1, 0.15) is 0 Å². The average Bonchev–Trinajstić information content (AvgIpc) is 3.04. The molecule has 0 aliphatic heterocycles. The summed E-state index contributed by atoms with van der Waals surface area (Å²) in [6.07, 6.45) is 8.24. The Labute approximate surface area is 142 Å². The van der Waals surface area contributed by atoms with Crippen LogP contribution < -0.4 is 0 Å². The SMILES string of the molecule is Cc1cc(C2=CCCCC2)cc(-c2ccc3[nH]c(C=O)cc3c2)c1. The van der Waals surface area contributed by atoms with Crippen molar-refractivity contribution in [3.05, 3.63) is 65.4 Å². The number of H-pyrrole nitrogens is 1. The van der Waals surface area contributed by atoms with Crippen LogP contribution in [-0.4, -0.2) is 11.3 Å². The minimum absolute atomic E-state index is 0.624. The number of benzene rings is 2. The van der Waals surface area contributed by atoms with Crippen molar-refractivity contribution in [2.45, 2.75) is 32.6 Å². The molecule has 1 aliphatic carbocycles. The van der Waals surface area contributed by atoms with Crippen LogP contribution in [0.2, 0.25) is 0 Å². The number of nitrogens with one attached hydrogen (secondary N) is 1. The Morgan fingerprint density at radius 1 is 0.958 bits per heavy atom. The first-order chi connectivity index (χ1) is 11.7. The molecule has 0 fully saturated rings. The summed E-state index contributed by atoms with van der Waals surface area (Å²) in [5.41, 5.74) is 8.19. The van der Waals surface area contributed by atoms with Gasteiger partial charge in [0.25, 0.3) is 0 Å². The van der Waals surface area contributed by atoms with Crippen LogP contribution in [0.15, 0.2) is 48.5 Å². The molecule has 0 saturated heterocycles. The molecule has 2 nitrogen and oxygen atoms in total. The van der Waals surface area contributed by atoms with Crippen molar-refractivity contribution < 1.29 is 4.79 Å². The van der Waals surface area contributed by atoms with Gasteiger partial charge in [0.15, 0.2) is 6.29 Å². The molecule has 0 unspecified atom stereocenters. The maximum Gasteiger partial charge on any atom is 0.166 e. The molecule has 2 heteroatoms. The van der Waals surface area contributed by atoms with Crippen LogP contribution in [-0.2, 0) is 0 Å². The summed E-state index contributed by atoms with van der Waals surface area (Å²) in [5.74, 6) is 0. The van der Waals surface area contributed by atoms with E-state index in [0.29, 0.717) is 5.69 Å². The monoisotopic (exact) mass is 315 g/mol. The molecule has 1 aliphatic rings. The molecule has 0 radical (unpaired) electrons. The number of aromatic amines is 1. The zero-order chi connectivity index (χ0) is 16.5. The molecule has 24 heavy (non-hydrogen) atoms. The lowest BCUT2D eigenvalue weighted by Gasteiger charge is -2.15. The molecule has 3 aromatic rings. The van der Waals surface area contributed by atoms with E-state index in [2.05, 4.69) is 54.4 Å². The van der Waals surface area contributed by atoms with Crippen LogP contribution in [0.25, 0.3) is 27.6 Å². The Kier molecular flexibility index (Phi) is 3.81. The largest absolute Gasteiger partial charge is 0.352 e. The smallest absolute Gasteiger partial charge is 0.166 e. The van der Waals surface area contributed by atoms with E-state index in [1.54, 1.807) is 0 Å². The third-order valence-corrected chi connectivity index (χ3v) is 4.84. The molecular formula is C22H21NO. The van der Waals surface area contributed by atoms with Crippen LogP contribution in [0.5, 0.6) is 0 Å². The number of aldehydes is 1. The first-order valence-corrected chi connectivity index (χ1v) is 8.62. The quantitative estimate of drug-likeness (QED) is 0.598. The lowest BCUT2D eigenvalue weighted by Crippen LogP contribution is -1.93. The second-order valence-electron chi connectivity index (χ2n) is 6.71. The Bertz CT molecular complexity index is 946. The maximum atomic E-state index is 11.0. The summed E-state index contributed by atoms with van der Waals surface area (Å²) in [6, 6.07) is 15.1. The Balaban J connectivity index is 1.79. The number of allylic oxidation sites excluding steroid dienone is 2. The minimum atomic E-state index is 0.624. The zero-order valence-corrected chi connectivity index (χ0v) is 13.9. The topological polar surface area (TPSA) is 32.9 Å². The van der Waals surface area contributed by atoms with Crippen LogP contribution in [0.4, 0.5) is 0 Å². The van der Waals surface area contributed by atoms with Gasteiger partial charge < -0.3 is 4.98 Å². The number of rotatable bonds is 3.